The zero-order valence-electron chi connectivity index (χ0n) is 16.0. The predicted molar refractivity (Wildman–Crippen MR) is 115 cm³/mol. The standard InChI is InChI=1S/C21H25Cl2N3O2/c1-16-14-18(23)4-7-20(16)24-21(27)15-26-10-8-25(9-11-26)12-13-28-19-5-2-17(22)3-6-19/h2-7,14H,8-13,15H2,1H3,(H,24,27). The first kappa shape index (κ1) is 20.9. The summed E-state index contributed by atoms with van der Waals surface area (Å²) in [6.07, 6.45) is 0. The molecule has 0 bridgehead atoms. The van der Waals surface area contributed by atoms with Gasteiger partial charge in [-0.15, -0.1) is 0 Å². The van der Waals surface area contributed by atoms with Crippen LogP contribution in [0.2, 0.25) is 10.0 Å². The van der Waals surface area contributed by atoms with Gasteiger partial charge in [0.1, 0.15) is 12.4 Å². The van der Waals surface area contributed by atoms with E-state index in [1.807, 2.05) is 43.3 Å². The molecule has 0 saturated carbocycles. The molecule has 5 nitrogen and oxygen atoms in total. The molecule has 0 unspecified atom stereocenters. The SMILES string of the molecule is Cc1cc(Cl)ccc1NC(=O)CN1CCN(CCOc2ccc(Cl)cc2)CC1. The summed E-state index contributed by atoms with van der Waals surface area (Å²) in [7, 11) is 0. The first-order chi connectivity index (χ1) is 13.5. The van der Waals surface area contributed by atoms with Gasteiger partial charge in [-0.25, -0.2) is 0 Å². The van der Waals surface area contributed by atoms with Crippen LogP contribution in [0.4, 0.5) is 5.69 Å². The Morgan fingerprint density at radius 3 is 2.32 bits per heavy atom. The van der Waals surface area contributed by atoms with Crippen molar-refractivity contribution in [2.45, 2.75) is 6.92 Å². The summed E-state index contributed by atoms with van der Waals surface area (Å²) in [5.41, 5.74) is 1.78. The van der Waals surface area contributed by atoms with Crippen molar-refractivity contribution >= 4 is 34.8 Å². The van der Waals surface area contributed by atoms with Crippen molar-refractivity contribution in [3.05, 3.63) is 58.1 Å². The van der Waals surface area contributed by atoms with E-state index < -0.39 is 0 Å². The fourth-order valence-corrected chi connectivity index (χ4v) is 3.51. The van der Waals surface area contributed by atoms with Crippen LogP contribution < -0.4 is 10.1 Å². The summed E-state index contributed by atoms with van der Waals surface area (Å²) >= 11 is 11.8. The van der Waals surface area contributed by atoms with Gasteiger partial charge in [-0.1, -0.05) is 23.2 Å². The molecule has 1 aliphatic heterocycles. The Bertz CT molecular complexity index is 791. The Kier molecular flexibility index (Phi) is 7.57. The largest absolute Gasteiger partial charge is 0.492 e. The second kappa shape index (κ2) is 10.1. The van der Waals surface area contributed by atoms with E-state index in [9.17, 15) is 4.79 Å². The number of piperazine rings is 1. The molecule has 1 N–H and O–H groups in total. The van der Waals surface area contributed by atoms with Gasteiger partial charge < -0.3 is 10.1 Å². The number of hydrogen-bond acceptors (Lipinski definition) is 4. The third-order valence-electron chi connectivity index (χ3n) is 4.78. The average Bonchev–Trinajstić information content (AvgIpc) is 2.67. The number of amides is 1. The third-order valence-corrected chi connectivity index (χ3v) is 5.27. The lowest BCUT2D eigenvalue weighted by atomic mass is 10.2. The van der Waals surface area contributed by atoms with Crippen LogP contribution >= 0.6 is 23.2 Å². The fourth-order valence-electron chi connectivity index (χ4n) is 3.15. The van der Waals surface area contributed by atoms with Crippen LogP contribution in [0.1, 0.15) is 5.56 Å². The Hall–Kier alpha value is -1.79. The van der Waals surface area contributed by atoms with E-state index in [1.54, 1.807) is 6.07 Å². The van der Waals surface area contributed by atoms with Crippen molar-refractivity contribution in [3.8, 4) is 5.75 Å². The number of aryl methyl sites for hydroxylation is 1. The number of carbonyl (C=O) groups excluding carboxylic acids is 1. The van der Waals surface area contributed by atoms with Crippen LogP contribution in [0.25, 0.3) is 0 Å². The zero-order valence-corrected chi connectivity index (χ0v) is 17.5. The van der Waals surface area contributed by atoms with Crippen molar-refractivity contribution in [1.82, 2.24) is 9.80 Å². The van der Waals surface area contributed by atoms with Crippen LogP contribution in [-0.2, 0) is 4.79 Å². The fraction of sp³-hybridized carbons (Fsp3) is 0.381. The zero-order chi connectivity index (χ0) is 19.9. The molecule has 2 aromatic rings. The van der Waals surface area contributed by atoms with Gasteiger partial charge in [0.25, 0.3) is 0 Å². The summed E-state index contributed by atoms with van der Waals surface area (Å²) in [5, 5.41) is 4.35. The Morgan fingerprint density at radius 1 is 1.00 bits per heavy atom. The van der Waals surface area contributed by atoms with Gasteiger partial charge in [-0.2, -0.15) is 0 Å². The van der Waals surface area contributed by atoms with E-state index in [1.165, 1.54) is 0 Å². The highest BCUT2D eigenvalue weighted by atomic mass is 35.5. The van der Waals surface area contributed by atoms with Gasteiger partial charge >= 0.3 is 0 Å². The smallest absolute Gasteiger partial charge is 0.238 e. The number of anilines is 1. The number of nitrogens with zero attached hydrogens (tertiary/aromatic N) is 2. The molecule has 1 heterocycles. The van der Waals surface area contributed by atoms with Gasteiger partial charge in [0, 0.05) is 48.5 Å². The summed E-state index contributed by atoms with van der Waals surface area (Å²) in [6.45, 7) is 7.44. The molecule has 150 valence electrons. The second-order valence-electron chi connectivity index (χ2n) is 6.93. The maximum absolute atomic E-state index is 12.3. The van der Waals surface area contributed by atoms with Crippen LogP contribution in [-0.4, -0.2) is 61.6 Å². The summed E-state index contributed by atoms with van der Waals surface area (Å²) in [6, 6.07) is 12.9. The Labute approximate surface area is 176 Å². The lowest BCUT2D eigenvalue weighted by Crippen LogP contribution is -2.49. The quantitative estimate of drug-likeness (QED) is 0.735. The summed E-state index contributed by atoms with van der Waals surface area (Å²) in [5.74, 6) is 0.835. The van der Waals surface area contributed by atoms with E-state index in [2.05, 4.69) is 15.1 Å². The minimum atomic E-state index is 0.00458. The van der Waals surface area contributed by atoms with Crippen LogP contribution in [0, 0.1) is 6.92 Å². The number of benzene rings is 2. The lowest BCUT2D eigenvalue weighted by molar-refractivity contribution is -0.117. The lowest BCUT2D eigenvalue weighted by Gasteiger charge is -2.34. The highest BCUT2D eigenvalue weighted by Gasteiger charge is 2.19. The molecule has 3 rings (SSSR count). The van der Waals surface area contributed by atoms with E-state index in [-0.39, 0.29) is 5.91 Å². The predicted octanol–water partition coefficient (Wildman–Crippen LogP) is 3.94. The van der Waals surface area contributed by atoms with Crippen molar-refractivity contribution in [2.24, 2.45) is 0 Å². The molecule has 7 heteroatoms. The van der Waals surface area contributed by atoms with E-state index in [4.69, 9.17) is 27.9 Å². The minimum Gasteiger partial charge on any atom is -0.492 e. The molecule has 28 heavy (non-hydrogen) atoms. The van der Waals surface area contributed by atoms with Crippen molar-refractivity contribution in [1.29, 1.82) is 0 Å². The summed E-state index contributed by atoms with van der Waals surface area (Å²) in [4.78, 5) is 16.9. The molecule has 1 amide bonds. The number of nitrogens with one attached hydrogen (secondary N) is 1. The highest BCUT2D eigenvalue weighted by molar-refractivity contribution is 6.31. The van der Waals surface area contributed by atoms with Gasteiger partial charge in [0.05, 0.1) is 6.54 Å². The van der Waals surface area contributed by atoms with Crippen LogP contribution in [0.5, 0.6) is 5.75 Å². The molecule has 1 saturated heterocycles. The molecule has 1 fully saturated rings. The Morgan fingerprint density at radius 2 is 1.64 bits per heavy atom. The van der Waals surface area contributed by atoms with Crippen LogP contribution in [0.15, 0.2) is 42.5 Å². The first-order valence-electron chi connectivity index (χ1n) is 9.39. The highest BCUT2D eigenvalue weighted by Crippen LogP contribution is 2.19. The maximum atomic E-state index is 12.3. The van der Waals surface area contributed by atoms with Crippen molar-refractivity contribution in [3.63, 3.8) is 0 Å². The molecule has 0 aromatic heterocycles. The minimum absolute atomic E-state index is 0.00458. The van der Waals surface area contributed by atoms with E-state index >= 15 is 0 Å². The maximum Gasteiger partial charge on any atom is 0.238 e. The molecule has 0 radical (unpaired) electrons. The number of hydrogen-bond donors (Lipinski definition) is 1. The normalized spacial score (nSPS) is 15.4. The van der Waals surface area contributed by atoms with E-state index in [0.29, 0.717) is 23.2 Å². The molecule has 1 aliphatic rings. The monoisotopic (exact) mass is 421 g/mol. The van der Waals surface area contributed by atoms with Gasteiger partial charge in [0.15, 0.2) is 0 Å². The number of halogens is 2. The second-order valence-corrected chi connectivity index (χ2v) is 7.80. The van der Waals surface area contributed by atoms with E-state index in [0.717, 1.165) is 49.7 Å². The number of carbonyl (C=O) groups is 1. The van der Waals surface area contributed by atoms with Gasteiger partial charge in [-0.05, 0) is 55.0 Å². The third kappa shape index (κ3) is 6.38. The Balaban J connectivity index is 1.35. The van der Waals surface area contributed by atoms with Gasteiger partial charge in [-0.3, -0.25) is 14.6 Å². The molecular formula is C21H25Cl2N3O2. The summed E-state index contributed by atoms with van der Waals surface area (Å²) < 4.78 is 5.75. The average molecular weight is 422 g/mol. The number of ether oxygens (including phenoxy) is 1. The molecule has 0 aliphatic carbocycles. The van der Waals surface area contributed by atoms with Crippen molar-refractivity contribution < 1.29 is 9.53 Å². The topological polar surface area (TPSA) is 44.8 Å². The van der Waals surface area contributed by atoms with Gasteiger partial charge in [0.2, 0.25) is 5.91 Å². The molecule has 0 spiro atoms. The first-order valence-corrected chi connectivity index (χ1v) is 10.1. The number of rotatable bonds is 7. The molecular weight excluding hydrogens is 397 g/mol. The van der Waals surface area contributed by atoms with Crippen LogP contribution in [0.3, 0.4) is 0 Å². The molecule has 2 aromatic carbocycles. The van der Waals surface area contributed by atoms with Crippen molar-refractivity contribution in [2.75, 3.05) is 51.2 Å². The molecule has 0 atom stereocenters.